The minimum absolute atomic E-state index is 0.201. The molecular formula is C26H27N7O4S2. The number of piperidine rings is 1. The lowest BCUT2D eigenvalue weighted by molar-refractivity contribution is 0.0696. The monoisotopic (exact) mass is 565 g/mol. The number of aryl methyl sites for hydroxylation is 2. The lowest BCUT2D eigenvalue weighted by atomic mass is 10.1. The second kappa shape index (κ2) is 12.3. The first-order valence-corrected chi connectivity index (χ1v) is 14.3. The number of tetrazole rings is 1. The molecule has 0 radical (unpaired) electrons. The number of hydrogen-bond acceptors (Lipinski definition) is 9. The van der Waals surface area contributed by atoms with Crippen LogP contribution in [0.4, 0.5) is 4.79 Å². The van der Waals surface area contributed by atoms with Crippen LogP contribution in [0.3, 0.4) is 0 Å². The normalized spacial score (nSPS) is 13.9. The Morgan fingerprint density at radius 2 is 1.79 bits per heavy atom. The van der Waals surface area contributed by atoms with Crippen LogP contribution >= 0.6 is 23.5 Å². The van der Waals surface area contributed by atoms with Crippen LogP contribution in [-0.2, 0) is 13.5 Å². The average Bonchev–Trinajstić information content (AvgIpc) is 3.58. The molecule has 0 aliphatic carbocycles. The van der Waals surface area contributed by atoms with E-state index in [1.165, 1.54) is 17.7 Å². The van der Waals surface area contributed by atoms with Gasteiger partial charge in [0.2, 0.25) is 5.16 Å². The molecule has 1 aliphatic rings. The number of ether oxygens (including phenoxy) is 1. The van der Waals surface area contributed by atoms with Crippen LogP contribution < -0.4 is 4.74 Å². The van der Waals surface area contributed by atoms with Crippen LogP contribution in [0, 0.1) is 0 Å². The highest BCUT2D eigenvalue weighted by Gasteiger charge is 2.26. The van der Waals surface area contributed by atoms with Gasteiger partial charge >= 0.3 is 12.1 Å². The van der Waals surface area contributed by atoms with Gasteiger partial charge in [-0.25, -0.2) is 14.6 Å². The van der Waals surface area contributed by atoms with Crippen LogP contribution in [0.2, 0.25) is 0 Å². The number of aromatic carboxylic acids is 1. The molecule has 202 valence electrons. The summed E-state index contributed by atoms with van der Waals surface area (Å²) in [7, 11) is 1.98. The van der Waals surface area contributed by atoms with Crippen molar-refractivity contribution in [1.82, 2.24) is 34.7 Å². The molecule has 11 nitrogen and oxygen atoms in total. The highest BCUT2D eigenvalue weighted by Crippen LogP contribution is 2.30. The van der Waals surface area contributed by atoms with Crippen molar-refractivity contribution >= 4 is 35.6 Å². The minimum Gasteiger partial charge on any atom is -0.478 e. The average molecular weight is 566 g/mol. The first-order valence-electron chi connectivity index (χ1n) is 12.4. The topological polar surface area (TPSA) is 128 Å². The molecule has 1 N–H and O–H groups in total. The fraction of sp³-hybridized carbons (Fsp3) is 0.308. The Hall–Kier alpha value is -3.84. The Morgan fingerprint density at radius 1 is 1.05 bits per heavy atom. The Balaban J connectivity index is 1.07. The zero-order chi connectivity index (χ0) is 27.2. The van der Waals surface area contributed by atoms with E-state index in [2.05, 4.69) is 20.5 Å². The van der Waals surface area contributed by atoms with E-state index < -0.39 is 5.97 Å². The van der Waals surface area contributed by atoms with E-state index in [-0.39, 0.29) is 16.9 Å². The Labute approximate surface area is 233 Å². The first kappa shape index (κ1) is 26.8. The summed E-state index contributed by atoms with van der Waals surface area (Å²) in [4.78, 5) is 29.9. The Bertz CT molecular complexity index is 1410. The fourth-order valence-electron chi connectivity index (χ4n) is 4.11. The number of hydrogen-bond donors (Lipinski definition) is 1. The van der Waals surface area contributed by atoms with Gasteiger partial charge in [0, 0.05) is 43.5 Å². The number of benzene rings is 2. The standard InChI is InChI=1S/C26H27N7O4S2/c1-31-16-13-27-24(31)38-17-12-18-2-8-21(9-3-18)37-26(36)32-14-10-22(11-15-32)39-25-28-29-30-33(25)20-6-4-19(5-7-20)23(34)35/h2-9,13,16,22H,10-12,14-15,17H2,1H3,(H,34,35). The summed E-state index contributed by atoms with van der Waals surface area (Å²) in [6, 6.07) is 14.1. The number of rotatable bonds is 9. The maximum Gasteiger partial charge on any atom is 0.415 e. The van der Waals surface area contributed by atoms with E-state index in [1.807, 2.05) is 42.1 Å². The van der Waals surface area contributed by atoms with Gasteiger partial charge in [-0.05, 0) is 71.7 Å². The summed E-state index contributed by atoms with van der Waals surface area (Å²) in [5.74, 6) is 0.465. The number of thioether (sulfide) groups is 2. The summed E-state index contributed by atoms with van der Waals surface area (Å²) >= 11 is 3.26. The number of carboxylic acid groups (broad SMARTS) is 1. The van der Waals surface area contributed by atoms with Gasteiger partial charge in [0.15, 0.2) is 5.16 Å². The van der Waals surface area contributed by atoms with E-state index in [0.717, 1.165) is 30.2 Å². The number of carbonyl (C=O) groups is 2. The first-order chi connectivity index (χ1) is 19.0. The number of amides is 1. The zero-order valence-corrected chi connectivity index (χ0v) is 22.8. The van der Waals surface area contributed by atoms with Crippen molar-refractivity contribution in [3.05, 3.63) is 72.1 Å². The van der Waals surface area contributed by atoms with Crippen LogP contribution in [-0.4, -0.2) is 75.9 Å². The van der Waals surface area contributed by atoms with Crippen molar-refractivity contribution in [2.75, 3.05) is 18.8 Å². The third-order valence-corrected chi connectivity index (χ3v) is 8.63. The Morgan fingerprint density at radius 3 is 2.46 bits per heavy atom. The SMILES string of the molecule is Cn1ccnc1SCCc1ccc(OC(=O)N2CCC(Sc3nnnn3-c3ccc(C(=O)O)cc3)CC2)cc1. The molecule has 0 unspecified atom stereocenters. The number of likely N-dealkylation sites (tertiary alicyclic amines) is 1. The summed E-state index contributed by atoms with van der Waals surface area (Å²) < 4.78 is 9.21. The smallest absolute Gasteiger partial charge is 0.415 e. The molecule has 2 aromatic heterocycles. The maximum absolute atomic E-state index is 12.7. The fourth-order valence-corrected chi connectivity index (χ4v) is 6.10. The van der Waals surface area contributed by atoms with E-state index in [4.69, 9.17) is 9.84 Å². The third kappa shape index (κ3) is 6.79. The number of carboxylic acids is 1. The summed E-state index contributed by atoms with van der Waals surface area (Å²) in [6.45, 7) is 1.15. The highest BCUT2D eigenvalue weighted by molar-refractivity contribution is 7.99. The molecule has 2 aromatic carbocycles. The van der Waals surface area contributed by atoms with Crippen LogP contribution in [0.1, 0.15) is 28.8 Å². The quantitative estimate of drug-likeness (QED) is 0.295. The predicted octanol–water partition coefficient (Wildman–Crippen LogP) is 4.18. The van der Waals surface area contributed by atoms with Crippen LogP contribution in [0.25, 0.3) is 5.69 Å². The molecule has 0 bridgehead atoms. The Kier molecular flexibility index (Phi) is 8.47. The summed E-state index contributed by atoms with van der Waals surface area (Å²) in [5.41, 5.74) is 2.06. The van der Waals surface area contributed by atoms with Gasteiger partial charge < -0.3 is 19.3 Å². The molecule has 39 heavy (non-hydrogen) atoms. The maximum atomic E-state index is 12.7. The lowest BCUT2D eigenvalue weighted by Crippen LogP contribution is -2.41. The van der Waals surface area contributed by atoms with Gasteiger partial charge in [-0.2, -0.15) is 4.68 Å². The molecule has 0 atom stereocenters. The van der Waals surface area contributed by atoms with Gasteiger partial charge in [0.05, 0.1) is 11.3 Å². The molecular weight excluding hydrogens is 538 g/mol. The van der Waals surface area contributed by atoms with Gasteiger partial charge in [0.25, 0.3) is 0 Å². The number of aromatic nitrogens is 6. The number of imidazole rings is 1. The van der Waals surface area contributed by atoms with Gasteiger partial charge in [-0.15, -0.1) is 5.10 Å². The summed E-state index contributed by atoms with van der Waals surface area (Å²) in [5, 5.41) is 22.9. The van der Waals surface area contributed by atoms with Crippen molar-refractivity contribution in [2.45, 2.75) is 34.8 Å². The molecule has 1 saturated heterocycles. The van der Waals surface area contributed by atoms with Crippen molar-refractivity contribution in [1.29, 1.82) is 0 Å². The van der Waals surface area contributed by atoms with E-state index in [1.54, 1.807) is 51.4 Å². The molecule has 1 amide bonds. The van der Waals surface area contributed by atoms with Crippen molar-refractivity contribution in [3.63, 3.8) is 0 Å². The summed E-state index contributed by atoms with van der Waals surface area (Å²) in [6.07, 6.45) is 5.83. The largest absolute Gasteiger partial charge is 0.478 e. The third-order valence-electron chi connectivity index (χ3n) is 6.30. The second-order valence-corrected chi connectivity index (χ2v) is 11.3. The number of nitrogens with zero attached hydrogens (tertiary/aromatic N) is 7. The molecule has 4 aromatic rings. The van der Waals surface area contributed by atoms with Crippen molar-refractivity contribution < 1.29 is 19.4 Å². The van der Waals surface area contributed by atoms with E-state index in [0.29, 0.717) is 29.7 Å². The zero-order valence-electron chi connectivity index (χ0n) is 21.2. The van der Waals surface area contributed by atoms with E-state index >= 15 is 0 Å². The molecule has 0 saturated carbocycles. The van der Waals surface area contributed by atoms with Crippen LogP contribution in [0.15, 0.2) is 71.2 Å². The minimum atomic E-state index is -0.984. The number of carbonyl (C=O) groups excluding carboxylic acids is 1. The lowest BCUT2D eigenvalue weighted by Gasteiger charge is -2.30. The molecule has 13 heteroatoms. The van der Waals surface area contributed by atoms with E-state index in [9.17, 15) is 9.59 Å². The second-order valence-electron chi connectivity index (χ2n) is 8.96. The molecule has 1 fully saturated rings. The molecule has 1 aliphatic heterocycles. The van der Waals surface area contributed by atoms with Crippen molar-refractivity contribution in [2.24, 2.45) is 7.05 Å². The molecule has 3 heterocycles. The van der Waals surface area contributed by atoms with Gasteiger partial charge in [-0.1, -0.05) is 35.7 Å². The van der Waals surface area contributed by atoms with Crippen molar-refractivity contribution in [3.8, 4) is 11.4 Å². The highest BCUT2D eigenvalue weighted by atomic mass is 32.2. The molecule has 5 rings (SSSR count). The molecule has 0 spiro atoms. The van der Waals surface area contributed by atoms with Gasteiger partial charge in [-0.3, -0.25) is 0 Å². The van der Waals surface area contributed by atoms with Gasteiger partial charge in [0.1, 0.15) is 5.75 Å². The predicted molar refractivity (Wildman–Crippen MR) is 147 cm³/mol. The van der Waals surface area contributed by atoms with Crippen LogP contribution in [0.5, 0.6) is 5.75 Å².